The van der Waals surface area contributed by atoms with Crippen molar-refractivity contribution in [2.24, 2.45) is 7.05 Å². The first kappa shape index (κ1) is 16.3. The Labute approximate surface area is 132 Å². The third kappa shape index (κ3) is 3.56. The molecule has 0 radical (unpaired) electrons. The average Bonchev–Trinajstić information content (AvgIpc) is 2.72. The standard InChI is InChI=1S/C18H25N3O/c1-6-17(15-9-7-12(2)8-10-15)19-18(22)11-16-13(3)20-21(5)14(16)4/h7-10,17H,6,11H2,1-5H3,(H,19,22). The monoisotopic (exact) mass is 299 g/mol. The Morgan fingerprint density at radius 1 is 1.23 bits per heavy atom. The van der Waals surface area contributed by atoms with Gasteiger partial charge in [0.15, 0.2) is 0 Å². The first-order valence-corrected chi connectivity index (χ1v) is 7.77. The van der Waals surface area contributed by atoms with Crippen LogP contribution in [0.1, 0.15) is 47.5 Å². The lowest BCUT2D eigenvalue weighted by molar-refractivity contribution is -0.121. The van der Waals surface area contributed by atoms with E-state index in [4.69, 9.17) is 0 Å². The zero-order valence-electron chi connectivity index (χ0n) is 14.1. The number of carbonyl (C=O) groups is 1. The van der Waals surface area contributed by atoms with E-state index in [1.165, 1.54) is 5.56 Å². The van der Waals surface area contributed by atoms with Crippen molar-refractivity contribution in [3.05, 3.63) is 52.3 Å². The molecule has 0 saturated carbocycles. The van der Waals surface area contributed by atoms with E-state index < -0.39 is 0 Å². The average molecular weight is 299 g/mol. The molecule has 1 unspecified atom stereocenters. The predicted molar refractivity (Wildman–Crippen MR) is 88.7 cm³/mol. The molecule has 4 nitrogen and oxygen atoms in total. The molecule has 1 aromatic heterocycles. The zero-order chi connectivity index (χ0) is 16.3. The first-order chi connectivity index (χ1) is 10.4. The summed E-state index contributed by atoms with van der Waals surface area (Å²) in [6.45, 7) is 8.11. The largest absolute Gasteiger partial charge is 0.349 e. The summed E-state index contributed by atoms with van der Waals surface area (Å²) in [7, 11) is 1.91. The smallest absolute Gasteiger partial charge is 0.225 e. The number of amides is 1. The molecule has 0 spiro atoms. The van der Waals surface area contributed by atoms with Gasteiger partial charge in [-0.1, -0.05) is 36.8 Å². The second-order valence-corrected chi connectivity index (χ2v) is 5.89. The molecule has 0 aliphatic carbocycles. The molecule has 1 heterocycles. The Morgan fingerprint density at radius 3 is 2.36 bits per heavy atom. The summed E-state index contributed by atoms with van der Waals surface area (Å²) in [5.74, 6) is 0.0478. The lowest BCUT2D eigenvalue weighted by atomic mass is 10.0. The number of carbonyl (C=O) groups excluding carboxylic acids is 1. The van der Waals surface area contributed by atoms with Crippen LogP contribution in [0.5, 0.6) is 0 Å². The van der Waals surface area contributed by atoms with Crippen LogP contribution in [0, 0.1) is 20.8 Å². The maximum Gasteiger partial charge on any atom is 0.225 e. The molecule has 1 amide bonds. The molecule has 1 N–H and O–H groups in total. The molecule has 0 aliphatic rings. The maximum absolute atomic E-state index is 12.4. The Hall–Kier alpha value is -2.10. The van der Waals surface area contributed by atoms with Crippen molar-refractivity contribution in [2.75, 3.05) is 0 Å². The summed E-state index contributed by atoms with van der Waals surface area (Å²) in [4.78, 5) is 12.4. The Bertz CT molecular complexity index is 656. The summed E-state index contributed by atoms with van der Waals surface area (Å²) in [5, 5.41) is 7.51. The van der Waals surface area contributed by atoms with Crippen LogP contribution in [0.15, 0.2) is 24.3 Å². The molecule has 1 atom stereocenters. The van der Waals surface area contributed by atoms with Crippen molar-refractivity contribution >= 4 is 5.91 Å². The van der Waals surface area contributed by atoms with Crippen LogP contribution < -0.4 is 5.32 Å². The van der Waals surface area contributed by atoms with Crippen molar-refractivity contribution < 1.29 is 4.79 Å². The third-order valence-electron chi connectivity index (χ3n) is 4.22. The summed E-state index contributed by atoms with van der Waals surface area (Å²) >= 11 is 0. The minimum absolute atomic E-state index is 0.0478. The molecule has 2 aromatic rings. The van der Waals surface area contributed by atoms with Crippen LogP contribution in [-0.2, 0) is 18.3 Å². The van der Waals surface area contributed by atoms with Gasteiger partial charge in [-0.25, -0.2) is 0 Å². The maximum atomic E-state index is 12.4. The highest BCUT2D eigenvalue weighted by atomic mass is 16.1. The van der Waals surface area contributed by atoms with Gasteiger partial charge in [0, 0.05) is 18.3 Å². The van der Waals surface area contributed by atoms with Crippen molar-refractivity contribution in [3.63, 3.8) is 0 Å². The van der Waals surface area contributed by atoms with Gasteiger partial charge in [0.25, 0.3) is 0 Å². The van der Waals surface area contributed by atoms with Crippen LogP contribution in [0.4, 0.5) is 0 Å². The fourth-order valence-corrected chi connectivity index (χ4v) is 2.70. The molecule has 0 bridgehead atoms. The molecule has 0 aliphatic heterocycles. The van der Waals surface area contributed by atoms with E-state index in [0.29, 0.717) is 6.42 Å². The molecule has 1 aromatic carbocycles. The van der Waals surface area contributed by atoms with E-state index in [-0.39, 0.29) is 11.9 Å². The van der Waals surface area contributed by atoms with Gasteiger partial charge in [-0.15, -0.1) is 0 Å². The van der Waals surface area contributed by atoms with E-state index >= 15 is 0 Å². The SMILES string of the molecule is CCC(NC(=O)Cc1c(C)nn(C)c1C)c1ccc(C)cc1. The first-order valence-electron chi connectivity index (χ1n) is 7.77. The fraction of sp³-hybridized carbons (Fsp3) is 0.444. The Balaban J connectivity index is 2.08. The van der Waals surface area contributed by atoms with Crippen molar-refractivity contribution in [1.82, 2.24) is 15.1 Å². The van der Waals surface area contributed by atoms with Gasteiger partial charge in [-0.05, 0) is 32.8 Å². The van der Waals surface area contributed by atoms with Crippen LogP contribution in [-0.4, -0.2) is 15.7 Å². The number of aryl methyl sites for hydroxylation is 3. The minimum atomic E-state index is 0.0478. The van der Waals surface area contributed by atoms with Gasteiger partial charge in [0.05, 0.1) is 18.2 Å². The van der Waals surface area contributed by atoms with E-state index in [1.807, 2.05) is 25.6 Å². The second kappa shape index (κ2) is 6.77. The van der Waals surface area contributed by atoms with E-state index in [1.54, 1.807) is 0 Å². The van der Waals surface area contributed by atoms with E-state index in [9.17, 15) is 4.79 Å². The number of hydrogen-bond acceptors (Lipinski definition) is 2. The van der Waals surface area contributed by atoms with Gasteiger partial charge < -0.3 is 5.32 Å². The third-order valence-corrected chi connectivity index (χ3v) is 4.22. The van der Waals surface area contributed by atoms with Gasteiger partial charge in [-0.3, -0.25) is 9.48 Å². The molecule has 22 heavy (non-hydrogen) atoms. The Kier molecular flexibility index (Phi) is 5.01. The summed E-state index contributed by atoms with van der Waals surface area (Å²) in [5.41, 5.74) is 5.39. The van der Waals surface area contributed by atoms with Crippen LogP contribution in [0.2, 0.25) is 0 Å². The number of nitrogens with one attached hydrogen (secondary N) is 1. The lowest BCUT2D eigenvalue weighted by Crippen LogP contribution is -2.29. The number of hydrogen-bond donors (Lipinski definition) is 1. The fourth-order valence-electron chi connectivity index (χ4n) is 2.70. The minimum Gasteiger partial charge on any atom is -0.349 e. The predicted octanol–water partition coefficient (Wildman–Crippen LogP) is 3.16. The van der Waals surface area contributed by atoms with Gasteiger partial charge >= 0.3 is 0 Å². The number of nitrogens with zero attached hydrogens (tertiary/aromatic N) is 2. The zero-order valence-corrected chi connectivity index (χ0v) is 14.1. The Morgan fingerprint density at radius 2 is 1.86 bits per heavy atom. The molecule has 4 heteroatoms. The molecule has 118 valence electrons. The number of aromatic nitrogens is 2. The highest BCUT2D eigenvalue weighted by molar-refractivity contribution is 5.79. The quantitative estimate of drug-likeness (QED) is 0.922. The normalized spacial score (nSPS) is 12.2. The number of benzene rings is 1. The lowest BCUT2D eigenvalue weighted by Gasteiger charge is -2.18. The van der Waals surface area contributed by atoms with Gasteiger partial charge in [0.2, 0.25) is 5.91 Å². The molecular weight excluding hydrogens is 274 g/mol. The number of rotatable bonds is 5. The molecule has 0 fully saturated rings. The molecular formula is C18H25N3O. The summed E-state index contributed by atoms with van der Waals surface area (Å²) < 4.78 is 1.83. The van der Waals surface area contributed by atoms with Gasteiger partial charge in [-0.2, -0.15) is 5.10 Å². The van der Waals surface area contributed by atoms with E-state index in [0.717, 1.165) is 28.9 Å². The highest BCUT2D eigenvalue weighted by Crippen LogP contribution is 2.18. The molecule has 2 rings (SSSR count). The second-order valence-electron chi connectivity index (χ2n) is 5.89. The van der Waals surface area contributed by atoms with Crippen LogP contribution in [0.25, 0.3) is 0 Å². The van der Waals surface area contributed by atoms with Crippen molar-refractivity contribution in [1.29, 1.82) is 0 Å². The van der Waals surface area contributed by atoms with Gasteiger partial charge in [0.1, 0.15) is 0 Å². The van der Waals surface area contributed by atoms with E-state index in [2.05, 4.69) is 48.5 Å². The highest BCUT2D eigenvalue weighted by Gasteiger charge is 2.17. The summed E-state index contributed by atoms with van der Waals surface area (Å²) in [6, 6.07) is 8.40. The molecule has 0 saturated heterocycles. The van der Waals surface area contributed by atoms with Crippen LogP contribution in [0.3, 0.4) is 0 Å². The van der Waals surface area contributed by atoms with Crippen molar-refractivity contribution in [3.8, 4) is 0 Å². The van der Waals surface area contributed by atoms with Crippen molar-refractivity contribution in [2.45, 2.75) is 46.6 Å². The van der Waals surface area contributed by atoms with Crippen LogP contribution >= 0.6 is 0 Å². The summed E-state index contributed by atoms with van der Waals surface area (Å²) in [6.07, 6.45) is 1.26. The topological polar surface area (TPSA) is 46.9 Å².